The lowest BCUT2D eigenvalue weighted by molar-refractivity contribution is 0.0683. The first-order valence-corrected chi connectivity index (χ1v) is 10.9. The van der Waals surface area contributed by atoms with E-state index in [4.69, 9.17) is 0 Å². The van der Waals surface area contributed by atoms with Gasteiger partial charge < -0.3 is 4.90 Å². The van der Waals surface area contributed by atoms with Crippen molar-refractivity contribution in [2.45, 2.75) is 19.3 Å². The number of nitrogens with one attached hydrogen (secondary N) is 2. The number of piperidine rings is 1. The number of para-hydroxylation sites is 1. The molecule has 4 aromatic rings. The van der Waals surface area contributed by atoms with Crippen molar-refractivity contribution in [2.75, 3.05) is 13.1 Å². The maximum absolute atomic E-state index is 14.2. The van der Waals surface area contributed by atoms with Gasteiger partial charge in [-0.1, -0.05) is 42.5 Å². The minimum absolute atomic E-state index is 0.0776. The summed E-state index contributed by atoms with van der Waals surface area (Å²) < 4.78 is 15.5. The van der Waals surface area contributed by atoms with Crippen LogP contribution < -0.4 is 5.69 Å². The number of carbonyl (C=O) groups is 1. The summed E-state index contributed by atoms with van der Waals surface area (Å²) in [6.07, 6.45) is 2.06. The fraction of sp³-hybridized carbons (Fsp3) is 0.250. The van der Waals surface area contributed by atoms with Crippen molar-refractivity contribution < 1.29 is 9.18 Å². The lowest BCUT2D eigenvalue weighted by Crippen LogP contribution is -2.39. The lowest BCUT2D eigenvalue weighted by Gasteiger charge is -2.31. The highest BCUT2D eigenvalue weighted by molar-refractivity contribution is 5.93. The van der Waals surface area contributed by atoms with Crippen LogP contribution >= 0.6 is 0 Å². The SMILES string of the molecule is O=C(c1cc(-c2ccccc2)n[nH]1)N1CCC(Cc2n[nH]c(=O)n2-c2ccccc2F)CC1. The molecule has 1 amide bonds. The summed E-state index contributed by atoms with van der Waals surface area (Å²) in [7, 11) is 0. The molecule has 168 valence electrons. The first kappa shape index (κ1) is 20.9. The number of aromatic amines is 2. The van der Waals surface area contributed by atoms with Crippen molar-refractivity contribution in [3.05, 3.63) is 88.5 Å². The Morgan fingerprint density at radius 2 is 1.73 bits per heavy atom. The third-order valence-electron chi connectivity index (χ3n) is 6.09. The Morgan fingerprint density at radius 1 is 1.00 bits per heavy atom. The Kier molecular flexibility index (Phi) is 5.60. The van der Waals surface area contributed by atoms with Gasteiger partial charge in [-0.05, 0) is 37.0 Å². The molecule has 8 nitrogen and oxygen atoms in total. The lowest BCUT2D eigenvalue weighted by atomic mass is 9.93. The number of H-pyrrole nitrogens is 2. The molecule has 1 aliphatic rings. The molecule has 2 N–H and O–H groups in total. The van der Waals surface area contributed by atoms with E-state index in [9.17, 15) is 14.0 Å². The number of amides is 1. The minimum atomic E-state index is -0.475. The molecule has 0 bridgehead atoms. The zero-order valence-corrected chi connectivity index (χ0v) is 17.9. The molecule has 0 aliphatic carbocycles. The normalized spacial score (nSPS) is 14.5. The van der Waals surface area contributed by atoms with Gasteiger partial charge in [-0.3, -0.25) is 9.89 Å². The van der Waals surface area contributed by atoms with Crippen molar-refractivity contribution in [3.63, 3.8) is 0 Å². The van der Waals surface area contributed by atoms with E-state index in [2.05, 4.69) is 20.4 Å². The summed E-state index contributed by atoms with van der Waals surface area (Å²) in [5, 5.41) is 13.7. The van der Waals surface area contributed by atoms with Crippen LogP contribution in [0.3, 0.4) is 0 Å². The van der Waals surface area contributed by atoms with E-state index in [0.29, 0.717) is 31.0 Å². The molecule has 5 rings (SSSR count). The van der Waals surface area contributed by atoms with Gasteiger partial charge in [0.05, 0.1) is 11.4 Å². The molecule has 0 unspecified atom stereocenters. The molecule has 0 saturated carbocycles. The van der Waals surface area contributed by atoms with E-state index in [1.807, 2.05) is 35.2 Å². The Bertz CT molecular complexity index is 1320. The number of hydrogen-bond donors (Lipinski definition) is 2. The molecular weight excluding hydrogens is 423 g/mol. The van der Waals surface area contributed by atoms with Gasteiger partial charge in [0.2, 0.25) is 0 Å². The fourth-order valence-electron chi connectivity index (χ4n) is 4.30. The average molecular weight is 446 g/mol. The maximum Gasteiger partial charge on any atom is 0.348 e. The van der Waals surface area contributed by atoms with E-state index in [0.717, 1.165) is 24.1 Å². The number of aromatic nitrogens is 5. The number of benzene rings is 2. The number of nitrogens with zero attached hydrogens (tertiary/aromatic N) is 4. The van der Waals surface area contributed by atoms with Crippen molar-refractivity contribution in [2.24, 2.45) is 5.92 Å². The van der Waals surface area contributed by atoms with Crippen molar-refractivity contribution in [3.8, 4) is 16.9 Å². The second-order valence-electron chi connectivity index (χ2n) is 8.20. The van der Waals surface area contributed by atoms with E-state index in [1.54, 1.807) is 24.3 Å². The molecule has 2 aromatic heterocycles. The van der Waals surface area contributed by atoms with Crippen LogP contribution in [0, 0.1) is 11.7 Å². The van der Waals surface area contributed by atoms with Crippen LogP contribution in [0.5, 0.6) is 0 Å². The standard InChI is InChI=1S/C24H23FN6O2/c25-18-8-4-5-9-21(18)31-22(28-29-24(31)33)14-16-10-12-30(13-11-16)23(32)20-15-19(26-27-20)17-6-2-1-3-7-17/h1-9,15-16H,10-14H2,(H,26,27)(H,29,33). The van der Waals surface area contributed by atoms with Crippen LogP contribution in [0.1, 0.15) is 29.2 Å². The zero-order chi connectivity index (χ0) is 22.8. The summed E-state index contributed by atoms with van der Waals surface area (Å²) in [6, 6.07) is 17.6. The van der Waals surface area contributed by atoms with Gasteiger partial charge in [0.1, 0.15) is 17.3 Å². The molecule has 0 spiro atoms. The molecular formula is C24H23FN6O2. The topological polar surface area (TPSA) is 99.7 Å². The van der Waals surface area contributed by atoms with Crippen LogP contribution in [0.4, 0.5) is 4.39 Å². The number of likely N-dealkylation sites (tertiary alicyclic amines) is 1. The van der Waals surface area contributed by atoms with E-state index in [1.165, 1.54) is 10.6 Å². The summed E-state index contributed by atoms with van der Waals surface area (Å²) in [5.41, 5.74) is 1.88. The third-order valence-corrected chi connectivity index (χ3v) is 6.09. The highest BCUT2D eigenvalue weighted by atomic mass is 19.1. The van der Waals surface area contributed by atoms with Crippen LogP contribution in [-0.4, -0.2) is 48.9 Å². The minimum Gasteiger partial charge on any atom is -0.337 e. The van der Waals surface area contributed by atoms with E-state index in [-0.39, 0.29) is 17.5 Å². The Morgan fingerprint density at radius 3 is 2.48 bits per heavy atom. The third kappa shape index (κ3) is 4.21. The fourth-order valence-corrected chi connectivity index (χ4v) is 4.30. The van der Waals surface area contributed by atoms with Gasteiger partial charge in [0, 0.05) is 25.1 Å². The van der Waals surface area contributed by atoms with Gasteiger partial charge in [-0.25, -0.2) is 18.9 Å². The Balaban J connectivity index is 1.24. The number of rotatable bonds is 5. The summed E-state index contributed by atoms with van der Waals surface area (Å²) in [4.78, 5) is 27.0. The molecule has 1 saturated heterocycles. The summed E-state index contributed by atoms with van der Waals surface area (Å²) in [6.45, 7) is 1.19. The molecule has 33 heavy (non-hydrogen) atoms. The largest absolute Gasteiger partial charge is 0.348 e. The van der Waals surface area contributed by atoms with Gasteiger partial charge >= 0.3 is 5.69 Å². The van der Waals surface area contributed by atoms with Gasteiger partial charge in [0.25, 0.3) is 5.91 Å². The van der Waals surface area contributed by atoms with Crippen LogP contribution in [0.15, 0.2) is 65.5 Å². The van der Waals surface area contributed by atoms with Gasteiger partial charge in [-0.2, -0.15) is 10.2 Å². The second-order valence-corrected chi connectivity index (χ2v) is 8.20. The van der Waals surface area contributed by atoms with Crippen molar-refractivity contribution >= 4 is 5.91 Å². The van der Waals surface area contributed by atoms with Gasteiger partial charge in [0.15, 0.2) is 0 Å². The summed E-state index contributed by atoms with van der Waals surface area (Å²) >= 11 is 0. The first-order chi connectivity index (χ1) is 16.1. The average Bonchev–Trinajstić information content (AvgIpc) is 3.48. The number of hydrogen-bond acceptors (Lipinski definition) is 4. The summed E-state index contributed by atoms with van der Waals surface area (Å²) in [5.74, 6) is 0.177. The first-order valence-electron chi connectivity index (χ1n) is 10.9. The predicted octanol–water partition coefficient (Wildman–Crippen LogP) is 3.18. The molecule has 3 heterocycles. The smallest absolute Gasteiger partial charge is 0.337 e. The molecule has 2 aromatic carbocycles. The quantitative estimate of drug-likeness (QED) is 0.492. The Hall–Kier alpha value is -4.01. The highest BCUT2D eigenvalue weighted by Gasteiger charge is 2.27. The predicted molar refractivity (Wildman–Crippen MR) is 120 cm³/mol. The van der Waals surface area contributed by atoms with Crippen LogP contribution in [-0.2, 0) is 6.42 Å². The van der Waals surface area contributed by atoms with E-state index >= 15 is 0 Å². The zero-order valence-electron chi connectivity index (χ0n) is 17.9. The van der Waals surface area contributed by atoms with Gasteiger partial charge in [-0.15, -0.1) is 0 Å². The Labute approximate surface area is 189 Å². The van der Waals surface area contributed by atoms with Crippen LogP contribution in [0.25, 0.3) is 16.9 Å². The van der Waals surface area contributed by atoms with Crippen molar-refractivity contribution in [1.82, 2.24) is 29.9 Å². The molecule has 0 radical (unpaired) electrons. The number of halogens is 1. The van der Waals surface area contributed by atoms with E-state index < -0.39 is 11.5 Å². The monoisotopic (exact) mass is 446 g/mol. The molecule has 9 heteroatoms. The highest BCUT2D eigenvalue weighted by Crippen LogP contribution is 2.24. The molecule has 1 fully saturated rings. The second kappa shape index (κ2) is 8.85. The van der Waals surface area contributed by atoms with Crippen LogP contribution in [0.2, 0.25) is 0 Å². The molecule has 1 aliphatic heterocycles. The molecule has 0 atom stereocenters. The van der Waals surface area contributed by atoms with Crippen molar-refractivity contribution in [1.29, 1.82) is 0 Å². The maximum atomic E-state index is 14.2. The number of carbonyl (C=O) groups excluding carboxylic acids is 1.